The quantitative estimate of drug-likeness (QED) is 0.223. The summed E-state index contributed by atoms with van der Waals surface area (Å²) in [4.78, 5) is 38.3. The molecule has 200 valence electrons. The number of aromatic nitrogens is 4. The average molecular weight is 552 g/mol. The minimum absolute atomic E-state index is 0.0374. The van der Waals surface area contributed by atoms with Crippen molar-refractivity contribution < 1.29 is 14.4 Å². The van der Waals surface area contributed by atoms with Crippen LogP contribution in [0.2, 0.25) is 5.02 Å². The Labute approximate surface area is 236 Å². The molecule has 1 atom stereocenters. The highest BCUT2D eigenvalue weighted by Gasteiger charge is 2.25. The summed E-state index contributed by atoms with van der Waals surface area (Å²) < 4.78 is 1.47. The van der Waals surface area contributed by atoms with Gasteiger partial charge in [-0.3, -0.25) is 14.4 Å². The summed E-state index contributed by atoms with van der Waals surface area (Å²) >= 11 is 6.19. The molecule has 1 N–H and O–H groups in total. The Morgan fingerprint density at radius 3 is 2.62 bits per heavy atom. The molecule has 1 aromatic heterocycles. The number of amides is 1. The Bertz CT molecular complexity index is 1630. The molecule has 0 unspecified atom stereocenters. The second kappa shape index (κ2) is 12.0. The molecule has 1 aliphatic carbocycles. The van der Waals surface area contributed by atoms with Gasteiger partial charge < -0.3 is 5.32 Å². The fraction of sp³-hybridized carbons (Fsp3) is 0.161. The number of carbonyl (C=O) groups excluding carboxylic acids is 3. The Balaban J connectivity index is 1.36. The second-order valence-corrected chi connectivity index (χ2v) is 9.98. The molecular formula is C31H26ClN5O3. The number of halogens is 1. The summed E-state index contributed by atoms with van der Waals surface area (Å²) in [5.74, 6) is -0.580. The molecule has 3 aromatic carbocycles. The summed E-state index contributed by atoms with van der Waals surface area (Å²) in [6, 6.07) is 19.5. The first-order chi connectivity index (χ1) is 19.4. The number of Topliss-reactive ketones (excluding diaryl/α,β-unsaturated/α-hetero) is 2. The normalized spacial score (nSPS) is 13.1. The van der Waals surface area contributed by atoms with Gasteiger partial charge in [-0.2, -0.15) is 4.68 Å². The van der Waals surface area contributed by atoms with Crippen LogP contribution in [0.4, 0.5) is 0 Å². The molecule has 0 saturated heterocycles. The first-order valence-corrected chi connectivity index (χ1v) is 13.2. The number of carbonyl (C=O) groups is 3. The zero-order chi connectivity index (χ0) is 28.1. The van der Waals surface area contributed by atoms with Gasteiger partial charge in [0.1, 0.15) is 6.33 Å². The maximum absolute atomic E-state index is 13.5. The van der Waals surface area contributed by atoms with E-state index in [0.717, 1.165) is 23.1 Å². The van der Waals surface area contributed by atoms with Gasteiger partial charge in [0.15, 0.2) is 11.6 Å². The summed E-state index contributed by atoms with van der Waals surface area (Å²) in [6.07, 6.45) is 7.84. The molecule has 1 amide bonds. The number of hydrogen-bond acceptors (Lipinski definition) is 6. The minimum atomic E-state index is -0.750. The molecular weight excluding hydrogens is 526 g/mol. The number of ketones is 2. The van der Waals surface area contributed by atoms with Crippen LogP contribution < -0.4 is 5.32 Å². The molecule has 8 nitrogen and oxygen atoms in total. The predicted molar refractivity (Wildman–Crippen MR) is 153 cm³/mol. The fourth-order valence-electron chi connectivity index (χ4n) is 4.72. The SMILES string of the molecule is CC(=O)c1ccc(CC(=O)[C@H](CC2=CCc3ccccc32)NC(=O)/C=C/c2cc(Cl)ccc2-n2cnnn2)cc1. The van der Waals surface area contributed by atoms with Crippen molar-refractivity contribution in [3.8, 4) is 5.69 Å². The van der Waals surface area contributed by atoms with Gasteiger partial charge in [-0.05, 0) is 70.3 Å². The van der Waals surface area contributed by atoms with E-state index in [2.05, 4.69) is 33.0 Å². The van der Waals surface area contributed by atoms with Crippen LogP contribution in [0, 0.1) is 0 Å². The monoisotopic (exact) mass is 551 g/mol. The Hall–Kier alpha value is -4.69. The zero-order valence-corrected chi connectivity index (χ0v) is 22.5. The van der Waals surface area contributed by atoms with E-state index >= 15 is 0 Å². The lowest BCUT2D eigenvalue weighted by molar-refractivity contribution is -0.125. The molecule has 4 aromatic rings. The van der Waals surface area contributed by atoms with E-state index in [9.17, 15) is 14.4 Å². The van der Waals surface area contributed by atoms with Gasteiger partial charge in [0.25, 0.3) is 0 Å². The van der Waals surface area contributed by atoms with Crippen LogP contribution in [-0.2, 0) is 22.4 Å². The van der Waals surface area contributed by atoms with Crippen LogP contribution in [0.1, 0.15) is 46.0 Å². The third-order valence-corrected chi connectivity index (χ3v) is 7.03. The van der Waals surface area contributed by atoms with Gasteiger partial charge in [0, 0.05) is 35.1 Å². The molecule has 0 saturated carbocycles. The van der Waals surface area contributed by atoms with Gasteiger partial charge >= 0.3 is 0 Å². The van der Waals surface area contributed by atoms with Gasteiger partial charge in [-0.1, -0.05) is 66.2 Å². The highest BCUT2D eigenvalue weighted by Crippen LogP contribution is 2.31. The van der Waals surface area contributed by atoms with E-state index in [0.29, 0.717) is 28.3 Å². The third kappa shape index (κ3) is 6.30. The van der Waals surface area contributed by atoms with Crippen molar-refractivity contribution in [2.24, 2.45) is 0 Å². The molecule has 1 heterocycles. The van der Waals surface area contributed by atoms with Crippen molar-refractivity contribution >= 4 is 40.7 Å². The molecule has 9 heteroatoms. The summed E-state index contributed by atoms with van der Waals surface area (Å²) in [6.45, 7) is 1.50. The van der Waals surface area contributed by atoms with Crippen LogP contribution in [0.25, 0.3) is 17.3 Å². The number of tetrazole rings is 1. The number of nitrogens with zero attached hydrogens (tertiary/aromatic N) is 4. The van der Waals surface area contributed by atoms with Crippen LogP contribution in [0.15, 0.2) is 85.2 Å². The lowest BCUT2D eigenvalue weighted by Crippen LogP contribution is -2.41. The lowest BCUT2D eigenvalue weighted by atomic mass is 9.94. The lowest BCUT2D eigenvalue weighted by Gasteiger charge is -2.19. The fourth-order valence-corrected chi connectivity index (χ4v) is 4.90. The van der Waals surface area contributed by atoms with Crippen molar-refractivity contribution in [3.63, 3.8) is 0 Å². The van der Waals surface area contributed by atoms with Crippen molar-refractivity contribution in [2.45, 2.75) is 32.2 Å². The first kappa shape index (κ1) is 26.9. The summed E-state index contributed by atoms with van der Waals surface area (Å²) in [5, 5.41) is 14.7. The summed E-state index contributed by atoms with van der Waals surface area (Å²) in [7, 11) is 0. The van der Waals surface area contributed by atoms with E-state index in [-0.39, 0.29) is 18.0 Å². The smallest absolute Gasteiger partial charge is 0.244 e. The highest BCUT2D eigenvalue weighted by atomic mass is 35.5. The van der Waals surface area contributed by atoms with Crippen LogP contribution in [0.5, 0.6) is 0 Å². The topological polar surface area (TPSA) is 107 Å². The van der Waals surface area contributed by atoms with Crippen molar-refractivity contribution in [2.75, 3.05) is 0 Å². The Morgan fingerprint density at radius 1 is 1.07 bits per heavy atom. The molecule has 0 fully saturated rings. The minimum Gasteiger partial charge on any atom is -0.342 e. The number of hydrogen-bond donors (Lipinski definition) is 1. The van der Waals surface area contributed by atoms with Crippen LogP contribution in [0.3, 0.4) is 0 Å². The number of nitrogens with one attached hydrogen (secondary N) is 1. The maximum Gasteiger partial charge on any atom is 0.244 e. The predicted octanol–water partition coefficient (Wildman–Crippen LogP) is 4.86. The van der Waals surface area contributed by atoms with Crippen molar-refractivity contribution in [3.05, 3.63) is 118 Å². The average Bonchev–Trinajstić information content (AvgIpc) is 3.63. The van der Waals surface area contributed by atoms with Crippen molar-refractivity contribution in [1.29, 1.82) is 0 Å². The standard InChI is InChI=1S/C31H26ClN5O3/c1-20(38)22-8-6-21(7-9-22)16-30(39)28(18-24-11-10-23-4-2-3-5-27(23)24)34-31(40)15-12-25-17-26(32)13-14-29(25)37-19-33-35-36-37/h2-9,11-15,17,19,28H,10,16,18H2,1H3,(H,34,40)/b15-12+/t28-/m0/s1. The third-order valence-electron chi connectivity index (χ3n) is 6.80. The van der Waals surface area contributed by atoms with Gasteiger partial charge in [-0.25, -0.2) is 0 Å². The van der Waals surface area contributed by atoms with E-state index in [1.165, 1.54) is 29.6 Å². The molecule has 40 heavy (non-hydrogen) atoms. The number of allylic oxidation sites excluding steroid dienone is 1. The number of fused-ring (bicyclic) bond motifs is 1. The largest absolute Gasteiger partial charge is 0.342 e. The van der Waals surface area contributed by atoms with Gasteiger partial charge in [0.05, 0.1) is 11.7 Å². The zero-order valence-electron chi connectivity index (χ0n) is 21.8. The van der Waals surface area contributed by atoms with Gasteiger partial charge in [0.2, 0.25) is 5.91 Å². The van der Waals surface area contributed by atoms with Gasteiger partial charge in [-0.15, -0.1) is 5.10 Å². The number of benzene rings is 3. The molecule has 0 aliphatic heterocycles. The number of rotatable bonds is 10. The Morgan fingerprint density at radius 2 is 1.88 bits per heavy atom. The molecule has 0 bridgehead atoms. The maximum atomic E-state index is 13.5. The molecule has 5 rings (SSSR count). The van der Waals surface area contributed by atoms with Crippen molar-refractivity contribution in [1.82, 2.24) is 25.5 Å². The van der Waals surface area contributed by atoms with E-state index in [1.807, 2.05) is 18.2 Å². The summed E-state index contributed by atoms with van der Waals surface area (Å²) in [5.41, 5.74) is 5.97. The second-order valence-electron chi connectivity index (χ2n) is 9.54. The first-order valence-electron chi connectivity index (χ1n) is 12.8. The molecule has 1 aliphatic rings. The Kier molecular flexibility index (Phi) is 8.07. The van der Waals surface area contributed by atoms with E-state index in [1.54, 1.807) is 48.5 Å². The molecule has 0 spiro atoms. The van der Waals surface area contributed by atoms with E-state index < -0.39 is 11.9 Å². The highest BCUT2D eigenvalue weighted by molar-refractivity contribution is 6.30. The van der Waals surface area contributed by atoms with E-state index in [4.69, 9.17) is 11.6 Å². The van der Waals surface area contributed by atoms with Crippen LogP contribution in [-0.4, -0.2) is 43.7 Å². The molecule has 0 radical (unpaired) electrons. The van der Waals surface area contributed by atoms with Crippen LogP contribution >= 0.6 is 11.6 Å².